The van der Waals surface area contributed by atoms with Crippen LogP contribution in [0.5, 0.6) is 0 Å². The summed E-state index contributed by atoms with van der Waals surface area (Å²) in [4.78, 5) is 23.8. The summed E-state index contributed by atoms with van der Waals surface area (Å²) < 4.78 is 13.5. The van der Waals surface area contributed by atoms with Crippen LogP contribution < -0.4 is 10.2 Å². The van der Waals surface area contributed by atoms with Crippen LogP contribution in [0.15, 0.2) is 18.2 Å². The quantitative estimate of drug-likeness (QED) is 0.677. The van der Waals surface area contributed by atoms with Crippen LogP contribution in [0.1, 0.15) is 19.3 Å². The van der Waals surface area contributed by atoms with Crippen molar-refractivity contribution in [2.45, 2.75) is 25.3 Å². The Morgan fingerprint density at radius 2 is 2.20 bits per heavy atom. The maximum absolute atomic E-state index is 13.5. The van der Waals surface area contributed by atoms with Crippen molar-refractivity contribution in [1.82, 2.24) is 5.32 Å². The molecule has 20 heavy (non-hydrogen) atoms. The van der Waals surface area contributed by atoms with Gasteiger partial charge >= 0.3 is 0 Å². The second kappa shape index (κ2) is 5.85. The predicted molar refractivity (Wildman–Crippen MR) is 72.1 cm³/mol. The Kier molecular flexibility index (Phi) is 4.16. The number of carbonyl (C=O) groups is 1. The monoisotopic (exact) mass is 281 g/mol. The molecule has 1 aromatic rings. The van der Waals surface area contributed by atoms with Crippen molar-refractivity contribution < 1.29 is 14.1 Å². The third-order valence-electron chi connectivity index (χ3n) is 3.46. The van der Waals surface area contributed by atoms with Crippen molar-refractivity contribution in [3.8, 4) is 0 Å². The zero-order valence-electron chi connectivity index (χ0n) is 11.1. The van der Waals surface area contributed by atoms with Crippen LogP contribution in [-0.2, 0) is 4.79 Å². The van der Waals surface area contributed by atoms with E-state index in [1.165, 1.54) is 12.1 Å². The fraction of sp³-hybridized carbons (Fsp3) is 0.462. The second-order valence-electron chi connectivity index (χ2n) is 4.74. The summed E-state index contributed by atoms with van der Waals surface area (Å²) in [7, 11) is 1.54. The molecular weight excluding hydrogens is 265 g/mol. The summed E-state index contributed by atoms with van der Waals surface area (Å²) in [6.45, 7) is 0.582. The van der Waals surface area contributed by atoms with Gasteiger partial charge in [-0.25, -0.2) is 4.39 Å². The van der Waals surface area contributed by atoms with Gasteiger partial charge in [-0.2, -0.15) is 0 Å². The van der Waals surface area contributed by atoms with Gasteiger partial charge in [0, 0.05) is 25.3 Å². The van der Waals surface area contributed by atoms with E-state index in [0.717, 1.165) is 18.9 Å². The molecule has 1 unspecified atom stereocenters. The van der Waals surface area contributed by atoms with E-state index in [4.69, 9.17) is 0 Å². The van der Waals surface area contributed by atoms with Gasteiger partial charge in [0.05, 0.1) is 11.0 Å². The first kappa shape index (κ1) is 14.2. The number of piperidine rings is 1. The molecule has 1 atom stereocenters. The first-order chi connectivity index (χ1) is 9.52. The number of anilines is 1. The van der Waals surface area contributed by atoms with Crippen molar-refractivity contribution >= 4 is 17.3 Å². The van der Waals surface area contributed by atoms with E-state index in [1.807, 2.05) is 0 Å². The zero-order valence-corrected chi connectivity index (χ0v) is 11.1. The van der Waals surface area contributed by atoms with Gasteiger partial charge in [0.15, 0.2) is 0 Å². The highest BCUT2D eigenvalue weighted by Gasteiger charge is 2.29. The Labute approximate surface area is 115 Å². The zero-order chi connectivity index (χ0) is 14.7. The molecule has 1 amide bonds. The highest BCUT2D eigenvalue weighted by Crippen LogP contribution is 2.29. The summed E-state index contributed by atoms with van der Waals surface area (Å²) in [6, 6.07) is 3.01. The summed E-state index contributed by atoms with van der Waals surface area (Å²) in [5, 5.41) is 13.4. The van der Waals surface area contributed by atoms with Gasteiger partial charge in [-0.05, 0) is 25.3 Å². The summed E-state index contributed by atoms with van der Waals surface area (Å²) in [5.74, 6) is -0.827. The summed E-state index contributed by atoms with van der Waals surface area (Å²) in [6.07, 6.45) is 2.44. The number of amides is 1. The highest BCUT2D eigenvalue weighted by molar-refractivity contribution is 5.85. The predicted octanol–water partition coefficient (Wildman–Crippen LogP) is 1.84. The molecule has 6 nitrogen and oxygen atoms in total. The average molecular weight is 281 g/mol. The Bertz CT molecular complexity index is 536. The van der Waals surface area contributed by atoms with Crippen molar-refractivity contribution in [3.63, 3.8) is 0 Å². The molecule has 1 fully saturated rings. The molecule has 1 aliphatic heterocycles. The molecule has 1 aliphatic rings. The molecule has 0 aromatic heterocycles. The Hall–Kier alpha value is -2.18. The number of non-ortho nitro benzene ring substituents is 1. The number of rotatable bonds is 3. The lowest BCUT2D eigenvalue weighted by atomic mass is 10.0. The average Bonchev–Trinajstić information content (AvgIpc) is 2.45. The molecule has 0 bridgehead atoms. The molecule has 0 aliphatic carbocycles. The third-order valence-corrected chi connectivity index (χ3v) is 3.46. The molecule has 1 saturated heterocycles. The van der Waals surface area contributed by atoms with Gasteiger partial charge in [0.25, 0.3) is 5.69 Å². The van der Waals surface area contributed by atoms with Gasteiger partial charge < -0.3 is 10.2 Å². The highest BCUT2D eigenvalue weighted by atomic mass is 19.1. The third kappa shape index (κ3) is 2.87. The number of hydrogen-bond acceptors (Lipinski definition) is 4. The normalized spacial score (nSPS) is 18.7. The van der Waals surface area contributed by atoms with Gasteiger partial charge in [-0.3, -0.25) is 14.9 Å². The van der Waals surface area contributed by atoms with E-state index in [2.05, 4.69) is 5.32 Å². The first-order valence-electron chi connectivity index (χ1n) is 6.46. The lowest BCUT2D eigenvalue weighted by molar-refractivity contribution is -0.385. The molecule has 0 spiro atoms. The van der Waals surface area contributed by atoms with Gasteiger partial charge in [-0.15, -0.1) is 0 Å². The molecule has 7 heteroatoms. The number of benzene rings is 1. The molecule has 0 saturated carbocycles. The van der Waals surface area contributed by atoms with Crippen LogP contribution in [0.25, 0.3) is 0 Å². The second-order valence-corrected chi connectivity index (χ2v) is 4.74. The number of nitrogens with zero attached hydrogens (tertiary/aromatic N) is 2. The lowest BCUT2D eigenvalue weighted by Crippen LogP contribution is -2.48. The van der Waals surface area contributed by atoms with E-state index in [9.17, 15) is 19.3 Å². The van der Waals surface area contributed by atoms with Crippen LogP contribution in [0.3, 0.4) is 0 Å². The number of nitro benzene ring substituents is 1. The maximum Gasteiger partial charge on any atom is 0.274 e. The number of nitrogens with one attached hydrogen (secondary N) is 1. The van der Waals surface area contributed by atoms with E-state index in [1.54, 1.807) is 11.9 Å². The van der Waals surface area contributed by atoms with E-state index >= 15 is 0 Å². The minimum absolute atomic E-state index is 0.156. The first-order valence-corrected chi connectivity index (χ1v) is 6.46. The van der Waals surface area contributed by atoms with Crippen LogP contribution >= 0.6 is 0 Å². The minimum atomic E-state index is -0.671. The van der Waals surface area contributed by atoms with Crippen molar-refractivity contribution in [2.24, 2.45) is 0 Å². The molecule has 1 heterocycles. The van der Waals surface area contributed by atoms with Crippen molar-refractivity contribution in [3.05, 3.63) is 34.1 Å². The largest absolute Gasteiger partial charge is 0.359 e. The van der Waals surface area contributed by atoms with E-state index in [-0.39, 0.29) is 11.6 Å². The van der Waals surface area contributed by atoms with Crippen LogP contribution in [0, 0.1) is 15.9 Å². The van der Waals surface area contributed by atoms with Crippen LogP contribution in [0.4, 0.5) is 15.8 Å². The van der Waals surface area contributed by atoms with Crippen molar-refractivity contribution in [2.75, 3.05) is 18.5 Å². The topological polar surface area (TPSA) is 75.5 Å². The standard InChI is InChI=1S/C13H16FN3O3/c1-15-13(18)12-4-2-3-5-16(12)10-6-9(14)7-11(8-10)17(19)20/h6-8,12H,2-5H2,1H3,(H,15,18). The van der Waals surface area contributed by atoms with Crippen LogP contribution in [0.2, 0.25) is 0 Å². The maximum atomic E-state index is 13.5. The van der Waals surface area contributed by atoms with E-state index in [0.29, 0.717) is 18.7 Å². The summed E-state index contributed by atoms with van der Waals surface area (Å²) in [5.41, 5.74) is 0.0752. The number of nitro groups is 1. The molecule has 1 aromatic carbocycles. The summed E-state index contributed by atoms with van der Waals surface area (Å²) >= 11 is 0. The molecule has 1 N–H and O–H groups in total. The fourth-order valence-corrected chi connectivity index (χ4v) is 2.51. The number of halogens is 1. The van der Waals surface area contributed by atoms with Gasteiger partial charge in [0.1, 0.15) is 11.9 Å². The number of carbonyl (C=O) groups excluding carboxylic acids is 1. The Morgan fingerprint density at radius 3 is 2.85 bits per heavy atom. The minimum Gasteiger partial charge on any atom is -0.359 e. The number of likely N-dealkylation sites (N-methyl/N-ethyl adjacent to an activating group) is 1. The Morgan fingerprint density at radius 1 is 1.45 bits per heavy atom. The molecular formula is C13H16FN3O3. The van der Waals surface area contributed by atoms with Gasteiger partial charge in [-0.1, -0.05) is 0 Å². The van der Waals surface area contributed by atoms with Crippen molar-refractivity contribution in [1.29, 1.82) is 0 Å². The van der Waals surface area contributed by atoms with E-state index < -0.39 is 16.8 Å². The SMILES string of the molecule is CNC(=O)C1CCCCN1c1cc(F)cc([N+](=O)[O-])c1. The molecule has 108 valence electrons. The lowest BCUT2D eigenvalue weighted by Gasteiger charge is -2.36. The number of hydrogen-bond donors (Lipinski definition) is 1. The fourth-order valence-electron chi connectivity index (χ4n) is 2.51. The smallest absolute Gasteiger partial charge is 0.274 e. The van der Waals surface area contributed by atoms with Gasteiger partial charge in [0.2, 0.25) is 5.91 Å². The molecule has 2 rings (SSSR count). The molecule has 0 radical (unpaired) electrons. The van der Waals surface area contributed by atoms with Crippen LogP contribution in [-0.4, -0.2) is 30.5 Å². The Balaban J connectivity index is 2.37.